The summed E-state index contributed by atoms with van der Waals surface area (Å²) in [5.74, 6) is 0. The first-order chi connectivity index (χ1) is 16.0. The van der Waals surface area contributed by atoms with Gasteiger partial charge in [0.25, 0.3) is 0 Å². The van der Waals surface area contributed by atoms with Crippen LogP contribution in [0, 0.1) is 0 Å². The average Bonchev–Trinajstić information content (AvgIpc) is 3.52. The smallest absolute Gasteiger partial charge is 0.329 e. The van der Waals surface area contributed by atoms with Crippen molar-refractivity contribution in [1.29, 1.82) is 0 Å². The number of pyridine rings is 2. The lowest BCUT2D eigenvalue weighted by Gasteiger charge is -2.13. The largest absolute Gasteiger partial charge is 0.393 e. The van der Waals surface area contributed by atoms with E-state index in [9.17, 15) is 9.90 Å². The number of aliphatic hydroxyl groups is 1. The number of aromatic nitrogens is 6. The summed E-state index contributed by atoms with van der Waals surface area (Å²) in [7, 11) is 3.67. The lowest BCUT2D eigenvalue weighted by atomic mass is 10.0. The van der Waals surface area contributed by atoms with Crippen LogP contribution in [0.2, 0.25) is 0 Å². The van der Waals surface area contributed by atoms with E-state index in [-0.39, 0.29) is 17.8 Å². The second-order valence-corrected chi connectivity index (χ2v) is 8.89. The summed E-state index contributed by atoms with van der Waals surface area (Å²) in [4.78, 5) is 22.4. The maximum absolute atomic E-state index is 13.2. The van der Waals surface area contributed by atoms with E-state index in [0.717, 1.165) is 57.2 Å². The van der Waals surface area contributed by atoms with Gasteiger partial charge in [0.2, 0.25) is 0 Å². The molecule has 1 fully saturated rings. The first kappa shape index (κ1) is 19.9. The Balaban J connectivity index is 1.50. The van der Waals surface area contributed by atoms with E-state index < -0.39 is 0 Å². The highest BCUT2D eigenvalue weighted by molar-refractivity contribution is 6.04. The van der Waals surface area contributed by atoms with Crippen molar-refractivity contribution < 1.29 is 5.11 Å². The van der Waals surface area contributed by atoms with Gasteiger partial charge >= 0.3 is 5.69 Å². The van der Waals surface area contributed by atoms with E-state index in [2.05, 4.69) is 27.2 Å². The Kier molecular flexibility index (Phi) is 4.45. The molecule has 2 unspecified atom stereocenters. The van der Waals surface area contributed by atoms with Crippen LogP contribution in [-0.2, 0) is 14.1 Å². The highest BCUT2D eigenvalue weighted by atomic mass is 16.3. The van der Waals surface area contributed by atoms with Gasteiger partial charge in [0, 0.05) is 49.0 Å². The average molecular weight is 441 g/mol. The molecule has 0 aliphatic heterocycles. The standard InChI is InChI=1S/C25H24N6O2/c1-29-14-17(12-28-29)21-7-4-16(11-26-21)15-3-8-22-20(9-15)24-23(13-27-22)30(2)25(33)31(24)18-5-6-19(32)10-18/h3-4,7-9,11-14,18-19,32H,5-6,10H2,1-2H3. The van der Waals surface area contributed by atoms with Crippen LogP contribution in [-0.4, -0.2) is 40.1 Å². The molecule has 0 saturated heterocycles. The van der Waals surface area contributed by atoms with Crippen LogP contribution < -0.4 is 5.69 Å². The number of aryl methyl sites for hydroxylation is 2. The molecule has 4 aromatic heterocycles. The highest BCUT2D eigenvalue weighted by Gasteiger charge is 2.28. The van der Waals surface area contributed by atoms with Crippen molar-refractivity contribution >= 4 is 21.9 Å². The lowest BCUT2D eigenvalue weighted by Crippen LogP contribution is -2.25. The zero-order valence-electron chi connectivity index (χ0n) is 18.5. The normalized spacial score (nSPS) is 18.5. The second-order valence-electron chi connectivity index (χ2n) is 8.89. The van der Waals surface area contributed by atoms with Crippen molar-refractivity contribution in [3.05, 3.63) is 65.6 Å². The lowest BCUT2D eigenvalue weighted by molar-refractivity contribution is 0.178. The van der Waals surface area contributed by atoms with Gasteiger partial charge in [-0.25, -0.2) is 4.79 Å². The Morgan fingerprint density at radius 1 is 0.970 bits per heavy atom. The summed E-state index contributed by atoms with van der Waals surface area (Å²) in [5.41, 5.74) is 6.30. The Morgan fingerprint density at radius 2 is 1.82 bits per heavy atom. The number of imidazole rings is 1. The second kappa shape index (κ2) is 7.38. The zero-order chi connectivity index (χ0) is 22.7. The van der Waals surface area contributed by atoms with Crippen LogP contribution in [0.1, 0.15) is 25.3 Å². The van der Waals surface area contributed by atoms with E-state index >= 15 is 0 Å². The van der Waals surface area contributed by atoms with Crippen LogP contribution in [0.4, 0.5) is 0 Å². The van der Waals surface area contributed by atoms with Gasteiger partial charge in [-0.2, -0.15) is 5.10 Å². The fourth-order valence-electron chi connectivity index (χ4n) is 5.00. The molecule has 0 amide bonds. The fourth-order valence-corrected chi connectivity index (χ4v) is 5.00. The minimum absolute atomic E-state index is 0.00844. The predicted molar refractivity (Wildman–Crippen MR) is 127 cm³/mol. The molecule has 1 N–H and O–H groups in total. The molecule has 1 saturated carbocycles. The first-order valence-electron chi connectivity index (χ1n) is 11.1. The molecule has 4 heterocycles. The molecular weight excluding hydrogens is 416 g/mol. The van der Waals surface area contributed by atoms with Crippen LogP contribution in [0.3, 0.4) is 0 Å². The topological polar surface area (TPSA) is 90.8 Å². The van der Waals surface area contributed by atoms with Crippen LogP contribution in [0.5, 0.6) is 0 Å². The van der Waals surface area contributed by atoms with Gasteiger partial charge in [0.15, 0.2) is 0 Å². The van der Waals surface area contributed by atoms with E-state index in [4.69, 9.17) is 0 Å². The van der Waals surface area contributed by atoms with Crippen molar-refractivity contribution in [2.24, 2.45) is 14.1 Å². The molecule has 2 atom stereocenters. The van der Waals surface area contributed by atoms with Gasteiger partial charge in [-0.3, -0.25) is 23.8 Å². The SMILES string of the molecule is Cn1cc(-c2ccc(-c3ccc4ncc5c(c4c3)n(C3CCC(O)C3)c(=O)n5C)cn2)cn1. The van der Waals surface area contributed by atoms with Crippen molar-refractivity contribution in [1.82, 2.24) is 28.9 Å². The molecule has 1 aromatic carbocycles. The van der Waals surface area contributed by atoms with Gasteiger partial charge in [-0.15, -0.1) is 0 Å². The van der Waals surface area contributed by atoms with Crippen molar-refractivity contribution in [3.63, 3.8) is 0 Å². The number of fused-ring (bicyclic) bond motifs is 3. The molecule has 0 bridgehead atoms. The van der Waals surface area contributed by atoms with E-state index in [1.165, 1.54) is 0 Å². The van der Waals surface area contributed by atoms with Crippen LogP contribution >= 0.6 is 0 Å². The van der Waals surface area contributed by atoms with Gasteiger partial charge in [-0.1, -0.05) is 12.1 Å². The minimum atomic E-state index is -0.356. The molecule has 166 valence electrons. The molecule has 1 aliphatic carbocycles. The Labute approximate surface area is 189 Å². The number of benzene rings is 1. The summed E-state index contributed by atoms with van der Waals surface area (Å²) >= 11 is 0. The monoisotopic (exact) mass is 440 g/mol. The third-order valence-electron chi connectivity index (χ3n) is 6.76. The Bertz CT molecular complexity index is 1560. The van der Waals surface area contributed by atoms with Crippen LogP contribution in [0.25, 0.3) is 44.3 Å². The van der Waals surface area contributed by atoms with Crippen molar-refractivity contribution in [3.8, 4) is 22.4 Å². The summed E-state index contributed by atoms with van der Waals surface area (Å²) in [5, 5.41) is 15.2. The van der Waals surface area contributed by atoms with Gasteiger partial charge < -0.3 is 5.11 Å². The number of nitrogens with zero attached hydrogens (tertiary/aromatic N) is 6. The predicted octanol–water partition coefficient (Wildman–Crippen LogP) is 3.44. The first-order valence-corrected chi connectivity index (χ1v) is 11.1. The molecule has 5 aromatic rings. The minimum Gasteiger partial charge on any atom is -0.393 e. The maximum atomic E-state index is 13.2. The number of aliphatic hydroxyl groups excluding tert-OH is 1. The summed E-state index contributed by atoms with van der Waals surface area (Å²) in [6, 6.07) is 10.2. The maximum Gasteiger partial charge on any atom is 0.329 e. The van der Waals surface area contributed by atoms with Gasteiger partial charge in [0.1, 0.15) is 0 Å². The molecule has 33 heavy (non-hydrogen) atoms. The number of rotatable bonds is 3. The molecule has 8 nitrogen and oxygen atoms in total. The van der Waals surface area contributed by atoms with E-state index in [0.29, 0.717) is 6.42 Å². The molecule has 8 heteroatoms. The summed E-state index contributed by atoms with van der Waals surface area (Å²) < 4.78 is 5.28. The van der Waals surface area contributed by atoms with Gasteiger partial charge in [-0.05, 0) is 43.0 Å². The Morgan fingerprint density at radius 3 is 2.52 bits per heavy atom. The number of hydrogen-bond donors (Lipinski definition) is 1. The highest BCUT2D eigenvalue weighted by Crippen LogP contribution is 2.35. The Hall–Kier alpha value is -3.78. The molecule has 0 spiro atoms. The quantitative estimate of drug-likeness (QED) is 0.464. The van der Waals surface area contributed by atoms with E-state index in [1.807, 2.05) is 42.2 Å². The molecular formula is C25H24N6O2. The summed E-state index contributed by atoms with van der Waals surface area (Å²) in [6.07, 6.45) is 9.13. The van der Waals surface area contributed by atoms with Crippen molar-refractivity contribution in [2.45, 2.75) is 31.4 Å². The van der Waals surface area contributed by atoms with Crippen molar-refractivity contribution in [2.75, 3.05) is 0 Å². The fraction of sp³-hybridized carbons (Fsp3) is 0.280. The molecule has 0 radical (unpaired) electrons. The van der Waals surface area contributed by atoms with Crippen LogP contribution in [0.15, 0.2) is 59.9 Å². The third-order valence-corrected chi connectivity index (χ3v) is 6.76. The zero-order valence-corrected chi connectivity index (χ0v) is 18.5. The van der Waals surface area contributed by atoms with E-state index in [1.54, 1.807) is 28.7 Å². The number of hydrogen-bond acceptors (Lipinski definition) is 5. The third kappa shape index (κ3) is 3.17. The van der Waals surface area contributed by atoms with Gasteiger partial charge in [0.05, 0.1) is 40.7 Å². The molecule has 1 aliphatic rings. The molecule has 6 rings (SSSR count). The summed E-state index contributed by atoms with van der Waals surface area (Å²) in [6.45, 7) is 0.